The second-order valence-electron chi connectivity index (χ2n) is 4.63. The number of hydrogen-bond donors (Lipinski definition) is 0. The van der Waals surface area contributed by atoms with Gasteiger partial charge in [-0.15, -0.1) is 0 Å². The molecule has 2 unspecified atom stereocenters. The third-order valence-electron chi connectivity index (χ3n) is 3.00. The number of benzene rings is 1. The van der Waals surface area contributed by atoms with E-state index in [0.29, 0.717) is 11.7 Å². The van der Waals surface area contributed by atoms with Crippen LogP contribution in [0.25, 0.3) is 0 Å². The van der Waals surface area contributed by atoms with Gasteiger partial charge in [-0.05, 0) is 18.1 Å². The van der Waals surface area contributed by atoms with Crippen molar-refractivity contribution in [3.63, 3.8) is 0 Å². The van der Waals surface area contributed by atoms with Crippen LogP contribution in [0, 0.1) is 16.0 Å². The van der Waals surface area contributed by atoms with Crippen molar-refractivity contribution in [2.75, 3.05) is 7.11 Å². The van der Waals surface area contributed by atoms with Crippen LogP contribution in [-0.4, -0.2) is 16.9 Å². The molecule has 2 atom stereocenters. The van der Waals surface area contributed by atoms with Crippen molar-refractivity contribution in [1.29, 1.82) is 0 Å². The van der Waals surface area contributed by atoms with Gasteiger partial charge in [0.2, 0.25) is 0 Å². The molecule has 0 aromatic heterocycles. The summed E-state index contributed by atoms with van der Waals surface area (Å²) in [5, 5.41) is 11.1. The van der Waals surface area contributed by atoms with E-state index in [4.69, 9.17) is 4.74 Å². The van der Waals surface area contributed by atoms with Crippen LogP contribution in [0.1, 0.15) is 32.3 Å². The Balaban J connectivity index is 3.37. The first-order chi connectivity index (χ1) is 8.38. The molecule has 0 aliphatic heterocycles. The van der Waals surface area contributed by atoms with Crippen LogP contribution in [0.4, 0.5) is 5.69 Å². The lowest BCUT2D eigenvalue weighted by molar-refractivity contribution is -0.385. The van der Waals surface area contributed by atoms with Gasteiger partial charge in [0.25, 0.3) is 5.69 Å². The lowest BCUT2D eigenvalue weighted by Gasteiger charge is -2.24. The van der Waals surface area contributed by atoms with Crippen LogP contribution in [0.2, 0.25) is 0 Å². The predicted molar refractivity (Wildman–Crippen MR) is 75.6 cm³/mol. The Kier molecular flexibility index (Phi) is 5.14. The molecule has 0 amide bonds. The lowest BCUT2D eigenvalue weighted by Crippen LogP contribution is -2.17. The van der Waals surface area contributed by atoms with Crippen LogP contribution < -0.4 is 4.74 Å². The average molecular weight is 316 g/mol. The van der Waals surface area contributed by atoms with Gasteiger partial charge in [0, 0.05) is 22.4 Å². The Morgan fingerprint density at radius 1 is 1.33 bits per heavy atom. The van der Waals surface area contributed by atoms with Gasteiger partial charge in [-0.25, -0.2) is 0 Å². The zero-order chi connectivity index (χ0) is 13.9. The van der Waals surface area contributed by atoms with E-state index in [2.05, 4.69) is 29.8 Å². The molecular formula is C13H18BrNO3. The van der Waals surface area contributed by atoms with E-state index in [1.807, 2.05) is 6.92 Å². The highest BCUT2D eigenvalue weighted by Crippen LogP contribution is 2.38. The van der Waals surface area contributed by atoms with E-state index in [0.717, 1.165) is 5.56 Å². The second kappa shape index (κ2) is 6.18. The molecule has 1 aromatic carbocycles. The molecule has 0 fully saturated rings. The van der Waals surface area contributed by atoms with Gasteiger partial charge in [-0.1, -0.05) is 36.7 Å². The van der Waals surface area contributed by atoms with Crippen LogP contribution >= 0.6 is 15.9 Å². The number of alkyl halides is 1. The van der Waals surface area contributed by atoms with E-state index in [1.165, 1.54) is 6.07 Å². The number of hydrogen-bond acceptors (Lipinski definition) is 3. The van der Waals surface area contributed by atoms with E-state index >= 15 is 0 Å². The van der Waals surface area contributed by atoms with E-state index < -0.39 is 0 Å². The largest absolute Gasteiger partial charge is 0.497 e. The molecule has 1 aromatic rings. The number of halogens is 1. The molecule has 0 saturated carbocycles. The summed E-state index contributed by atoms with van der Waals surface area (Å²) < 4.78 is 5.16. The predicted octanol–water partition coefficient (Wildman–Crippen LogP) is 4.13. The molecule has 0 N–H and O–H groups in total. The molecular weight excluding hydrogens is 298 g/mol. The van der Waals surface area contributed by atoms with Gasteiger partial charge in [0.05, 0.1) is 12.0 Å². The number of rotatable bonds is 5. The van der Waals surface area contributed by atoms with Gasteiger partial charge in [0.15, 0.2) is 0 Å². The van der Waals surface area contributed by atoms with E-state index in [-0.39, 0.29) is 21.4 Å². The first-order valence-corrected chi connectivity index (χ1v) is 6.76. The maximum absolute atomic E-state index is 11.1. The van der Waals surface area contributed by atoms with Crippen LogP contribution in [0.5, 0.6) is 5.75 Å². The Morgan fingerprint density at radius 3 is 2.33 bits per heavy atom. The zero-order valence-electron chi connectivity index (χ0n) is 11.0. The molecule has 0 bridgehead atoms. The van der Waals surface area contributed by atoms with E-state index in [9.17, 15) is 10.1 Å². The average Bonchev–Trinajstić information content (AvgIpc) is 2.27. The smallest absolute Gasteiger partial charge is 0.273 e. The quantitative estimate of drug-likeness (QED) is 0.466. The number of ether oxygens (including phenoxy) is 1. The minimum atomic E-state index is -0.334. The zero-order valence-corrected chi connectivity index (χ0v) is 12.6. The summed E-state index contributed by atoms with van der Waals surface area (Å²) in [5.74, 6) is 1.01. The number of nitrogens with zero attached hydrogens (tertiary/aromatic N) is 1. The second-order valence-corrected chi connectivity index (χ2v) is 6.07. The third kappa shape index (κ3) is 3.22. The highest BCUT2D eigenvalue weighted by Gasteiger charge is 2.28. The van der Waals surface area contributed by atoms with Gasteiger partial charge in [-0.2, -0.15) is 0 Å². The highest BCUT2D eigenvalue weighted by atomic mass is 79.9. The maximum Gasteiger partial charge on any atom is 0.273 e. The van der Waals surface area contributed by atoms with Gasteiger partial charge in [0.1, 0.15) is 5.75 Å². The number of nitro benzene ring substituents is 1. The normalized spacial score (nSPS) is 14.3. The Labute approximate surface area is 116 Å². The molecule has 0 saturated heterocycles. The summed E-state index contributed by atoms with van der Waals surface area (Å²) in [6.07, 6.45) is 0. The monoisotopic (exact) mass is 315 g/mol. The Hall–Kier alpha value is -1.10. The minimum absolute atomic E-state index is 0.0699. The molecule has 0 radical (unpaired) electrons. The topological polar surface area (TPSA) is 52.4 Å². The van der Waals surface area contributed by atoms with Crippen molar-refractivity contribution in [3.05, 3.63) is 33.9 Å². The maximum atomic E-state index is 11.1. The minimum Gasteiger partial charge on any atom is -0.497 e. The van der Waals surface area contributed by atoms with Crippen molar-refractivity contribution < 1.29 is 9.66 Å². The summed E-state index contributed by atoms with van der Waals surface area (Å²) in [7, 11) is 1.56. The summed E-state index contributed by atoms with van der Waals surface area (Å²) >= 11 is 3.54. The Morgan fingerprint density at radius 2 is 1.94 bits per heavy atom. The van der Waals surface area contributed by atoms with Crippen molar-refractivity contribution in [3.8, 4) is 5.75 Å². The van der Waals surface area contributed by atoms with Gasteiger partial charge in [-0.3, -0.25) is 10.1 Å². The van der Waals surface area contributed by atoms with Gasteiger partial charge < -0.3 is 4.74 Å². The van der Waals surface area contributed by atoms with Crippen molar-refractivity contribution in [2.24, 2.45) is 5.92 Å². The molecule has 4 nitrogen and oxygen atoms in total. The molecule has 18 heavy (non-hydrogen) atoms. The molecule has 0 spiro atoms. The molecule has 0 aliphatic carbocycles. The summed E-state index contributed by atoms with van der Waals surface area (Å²) in [4.78, 5) is 10.9. The fraction of sp³-hybridized carbons (Fsp3) is 0.538. The summed E-state index contributed by atoms with van der Waals surface area (Å²) in [6, 6.07) is 4.90. The fourth-order valence-corrected chi connectivity index (χ4v) is 3.12. The van der Waals surface area contributed by atoms with Crippen LogP contribution in [0.3, 0.4) is 0 Å². The number of nitro groups is 1. The molecule has 0 heterocycles. The molecule has 1 rings (SSSR count). The molecule has 100 valence electrons. The van der Waals surface area contributed by atoms with Crippen molar-refractivity contribution in [1.82, 2.24) is 0 Å². The summed E-state index contributed by atoms with van der Waals surface area (Å²) in [5.41, 5.74) is 0.875. The molecule has 0 aliphatic rings. The lowest BCUT2D eigenvalue weighted by atomic mass is 9.85. The molecule has 5 heteroatoms. The first-order valence-electron chi connectivity index (χ1n) is 5.84. The first kappa shape index (κ1) is 15.0. The fourth-order valence-electron chi connectivity index (χ4n) is 2.23. The Bertz CT molecular complexity index is 424. The van der Waals surface area contributed by atoms with Crippen LogP contribution in [-0.2, 0) is 0 Å². The standard InChI is InChI=1S/C13H18BrNO3/c1-8(2)13(9(3)14)11-7-10(18-4)5-6-12(11)15(16)17/h5-9,13H,1-4H3. The third-order valence-corrected chi connectivity index (χ3v) is 3.57. The summed E-state index contributed by atoms with van der Waals surface area (Å²) in [6.45, 7) is 6.13. The van der Waals surface area contributed by atoms with Crippen molar-refractivity contribution >= 4 is 21.6 Å². The van der Waals surface area contributed by atoms with Gasteiger partial charge >= 0.3 is 0 Å². The number of methoxy groups -OCH3 is 1. The van der Waals surface area contributed by atoms with Crippen LogP contribution in [0.15, 0.2) is 18.2 Å². The SMILES string of the molecule is COc1ccc([N+](=O)[O-])c(C(C(C)C)C(C)Br)c1. The van der Waals surface area contributed by atoms with E-state index in [1.54, 1.807) is 19.2 Å². The van der Waals surface area contributed by atoms with Crippen molar-refractivity contribution in [2.45, 2.75) is 31.5 Å². The highest BCUT2D eigenvalue weighted by molar-refractivity contribution is 9.09.